The van der Waals surface area contributed by atoms with E-state index in [4.69, 9.17) is 0 Å². The van der Waals surface area contributed by atoms with Gasteiger partial charge < -0.3 is 10.2 Å². The van der Waals surface area contributed by atoms with Crippen LogP contribution in [0.25, 0.3) is 0 Å². The number of nitrogens with zero attached hydrogens (tertiary/aromatic N) is 1. The average molecular weight is 288 g/mol. The van der Waals surface area contributed by atoms with Crippen LogP contribution in [0.3, 0.4) is 0 Å². The highest BCUT2D eigenvalue weighted by molar-refractivity contribution is 5.95. The standard InChI is InChI=1S/C17H24N2O2/c1-2-3-4-11-18-16(20)13-14-7-9-15(10-8-14)19-12-5-6-17(19)21/h7-10H,2-6,11-13H2,1H3,(H,18,20). The van der Waals surface area contributed by atoms with E-state index in [0.29, 0.717) is 12.8 Å². The lowest BCUT2D eigenvalue weighted by Gasteiger charge is -2.15. The van der Waals surface area contributed by atoms with E-state index < -0.39 is 0 Å². The Morgan fingerprint density at radius 1 is 1.24 bits per heavy atom. The molecular formula is C17H24N2O2. The molecule has 4 nitrogen and oxygen atoms in total. The van der Waals surface area contributed by atoms with Crippen molar-refractivity contribution in [2.75, 3.05) is 18.0 Å². The first-order valence-corrected chi connectivity index (χ1v) is 7.86. The van der Waals surface area contributed by atoms with Crippen LogP contribution < -0.4 is 10.2 Å². The number of rotatable bonds is 7. The number of carbonyl (C=O) groups excluding carboxylic acids is 2. The van der Waals surface area contributed by atoms with Gasteiger partial charge in [-0.3, -0.25) is 9.59 Å². The minimum atomic E-state index is 0.0658. The van der Waals surface area contributed by atoms with Crippen LogP contribution in [0.5, 0.6) is 0 Å². The van der Waals surface area contributed by atoms with Crippen LogP contribution in [-0.4, -0.2) is 24.9 Å². The van der Waals surface area contributed by atoms with Gasteiger partial charge in [0.05, 0.1) is 6.42 Å². The Labute approximate surface area is 126 Å². The first-order valence-electron chi connectivity index (χ1n) is 7.86. The van der Waals surface area contributed by atoms with E-state index in [1.54, 1.807) is 0 Å². The molecule has 2 rings (SSSR count). The van der Waals surface area contributed by atoms with Crippen molar-refractivity contribution in [3.63, 3.8) is 0 Å². The molecule has 0 aliphatic carbocycles. The van der Waals surface area contributed by atoms with Gasteiger partial charge in [0.1, 0.15) is 0 Å². The van der Waals surface area contributed by atoms with Gasteiger partial charge in [-0.15, -0.1) is 0 Å². The number of hydrogen-bond donors (Lipinski definition) is 1. The van der Waals surface area contributed by atoms with Gasteiger partial charge in [-0.25, -0.2) is 0 Å². The molecule has 1 fully saturated rings. The van der Waals surface area contributed by atoms with E-state index in [1.807, 2.05) is 29.2 Å². The Bertz CT molecular complexity index is 482. The van der Waals surface area contributed by atoms with Gasteiger partial charge in [-0.2, -0.15) is 0 Å². The molecule has 0 spiro atoms. The van der Waals surface area contributed by atoms with Crippen LogP contribution in [0.15, 0.2) is 24.3 Å². The van der Waals surface area contributed by atoms with Crippen LogP contribution in [-0.2, 0) is 16.0 Å². The molecule has 4 heteroatoms. The first-order chi connectivity index (χ1) is 10.2. The second-order valence-electron chi connectivity index (χ2n) is 5.55. The largest absolute Gasteiger partial charge is 0.356 e. The van der Waals surface area contributed by atoms with Crippen molar-refractivity contribution < 1.29 is 9.59 Å². The Morgan fingerprint density at radius 3 is 2.62 bits per heavy atom. The van der Waals surface area contributed by atoms with Crippen LogP contribution in [0.4, 0.5) is 5.69 Å². The maximum Gasteiger partial charge on any atom is 0.227 e. The summed E-state index contributed by atoms with van der Waals surface area (Å²) < 4.78 is 0. The van der Waals surface area contributed by atoms with Gasteiger partial charge in [-0.1, -0.05) is 31.9 Å². The Kier molecular flexibility index (Phi) is 5.78. The van der Waals surface area contributed by atoms with Gasteiger partial charge in [0, 0.05) is 25.2 Å². The molecular weight excluding hydrogens is 264 g/mol. The Balaban J connectivity index is 1.82. The second-order valence-corrected chi connectivity index (χ2v) is 5.55. The topological polar surface area (TPSA) is 49.4 Å². The summed E-state index contributed by atoms with van der Waals surface area (Å²) in [6, 6.07) is 7.74. The van der Waals surface area contributed by atoms with Crippen LogP contribution in [0.1, 0.15) is 44.6 Å². The van der Waals surface area contributed by atoms with Crippen molar-refractivity contribution in [2.45, 2.75) is 45.4 Å². The second kappa shape index (κ2) is 7.81. The molecule has 1 aliphatic rings. The lowest BCUT2D eigenvalue weighted by molar-refractivity contribution is -0.120. The summed E-state index contributed by atoms with van der Waals surface area (Å²) in [6.45, 7) is 3.71. The van der Waals surface area contributed by atoms with Crippen LogP contribution >= 0.6 is 0 Å². The molecule has 114 valence electrons. The van der Waals surface area contributed by atoms with Crippen molar-refractivity contribution in [2.24, 2.45) is 0 Å². The monoisotopic (exact) mass is 288 g/mol. The zero-order valence-electron chi connectivity index (χ0n) is 12.7. The van der Waals surface area contributed by atoms with Crippen molar-refractivity contribution >= 4 is 17.5 Å². The summed E-state index contributed by atoms with van der Waals surface area (Å²) >= 11 is 0. The van der Waals surface area contributed by atoms with Crippen LogP contribution in [0.2, 0.25) is 0 Å². The smallest absolute Gasteiger partial charge is 0.227 e. The third kappa shape index (κ3) is 4.59. The molecule has 0 radical (unpaired) electrons. The summed E-state index contributed by atoms with van der Waals surface area (Å²) in [6.07, 6.45) is 5.33. The molecule has 0 unspecified atom stereocenters. The zero-order valence-corrected chi connectivity index (χ0v) is 12.7. The van der Waals surface area contributed by atoms with Crippen LogP contribution in [0, 0.1) is 0 Å². The van der Waals surface area contributed by atoms with Gasteiger partial charge in [0.15, 0.2) is 0 Å². The number of carbonyl (C=O) groups is 2. The molecule has 1 aromatic carbocycles. The third-order valence-corrected chi connectivity index (χ3v) is 3.79. The Hall–Kier alpha value is -1.84. The first kappa shape index (κ1) is 15.5. The quantitative estimate of drug-likeness (QED) is 0.784. The van der Waals surface area contributed by atoms with E-state index in [1.165, 1.54) is 0 Å². The molecule has 0 saturated carbocycles. The number of hydrogen-bond acceptors (Lipinski definition) is 2. The molecule has 1 N–H and O–H groups in total. The summed E-state index contributed by atoms with van der Waals surface area (Å²) in [4.78, 5) is 25.3. The van der Waals surface area contributed by atoms with Gasteiger partial charge in [-0.05, 0) is 30.5 Å². The average Bonchev–Trinajstić information content (AvgIpc) is 2.91. The summed E-state index contributed by atoms with van der Waals surface area (Å²) in [7, 11) is 0. The highest BCUT2D eigenvalue weighted by Crippen LogP contribution is 2.21. The van der Waals surface area contributed by atoms with Gasteiger partial charge >= 0.3 is 0 Å². The molecule has 1 heterocycles. The summed E-state index contributed by atoms with van der Waals surface area (Å²) in [5.74, 6) is 0.257. The van der Waals surface area contributed by atoms with Crippen molar-refractivity contribution in [3.05, 3.63) is 29.8 Å². The fourth-order valence-electron chi connectivity index (χ4n) is 2.57. The molecule has 1 saturated heterocycles. The number of anilines is 1. The minimum Gasteiger partial charge on any atom is -0.356 e. The molecule has 2 amide bonds. The van der Waals surface area contributed by atoms with E-state index in [2.05, 4.69) is 12.2 Å². The Morgan fingerprint density at radius 2 is 2.00 bits per heavy atom. The fourth-order valence-corrected chi connectivity index (χ4v) is 2.57. The van der Waals surface area contributed by atoms with E-state index in [9.17, 15) is 9.59 Å². The molecule has 1 aliphatic heterocycles. The van der Waals surface area contributed by atoms with Crippen molar-refractivity contribution in [1.82, 2.24) is 5.32 Å². The number of amides is 2. The lowest BCUT2D eigenvalue weighted by Crippen LogP contribution is -2.26. The number of unbranched alkanes of at least 4 members (excludes halogenated alkanes) is 2. The van der Waals surface area contributed by atoms with Gasteiger partial charge in [0.2, 0.25) is 11.8 Å². The highest BCUT2D eigenvalue weighted by atomic mass is 16.2. The third-order valence-electron chi connectivity index (χ3n) is 3.79. The normalized spacial score (nSPS) is 14.5. The van der Waals surface area contributed by atoms with E-state index in [-0.39, 0.29) is 11.8 Å². The SMILES string of the molecule is CCCCCNC(=O)Cc1ccc(N2CCCC2=O)cc1. The predicted octanol–water partition coefficient (Wildman–Crippen LogP) is 2.66. The fraction of sp³-hybridized carbons (Fsp3) is 0.529. The van der Waals surface area contributed by atoms with Gasteiger partial charge in [0.25, 0.3) is 0 Å². The van der Waals surface area contributed by atoms with E-state index >= 15 is 0 Å². The molecule has 1 aromatic rings. The maximum absolute atomic E-state index is 11.8. The molecule has 0 atom stereocenters. The molecule has 0 bridgehead atoms. The molecule has 0 aromatic heterocycles. The zero-order chi connectivity index (χ0) is 15.1. The summed E-state index contributed by atoms with van der Waals surface area (Å²) in [5, 5.41) is 2.94. The molecule has 21 heavy (non-hydrogen) atoms. The minimum absolute atomic E-state index is 0.0658. The number of nitrogens with one attached hydrogen (secondary N) is 1. The lowest BCUT2D eigenvalue weighted by atomic mass is 10.1. The number of benzene rings is 1. The summed E-state index contributed by atoms with van der Waals surface area (Å²) in [5.41, 5.74) is 1.92. The van der Waals surface area contributed by atoms with Crippen molar-refractivity contribution in [1.29, 1.82) is 0 Å². The highest BCUT2D eigenvalue weighted by Gasteiger charge is 2.21. The van der Waals surface area contributed by atoms with E-state index in [0.717, 1.165) is 50.0 Å². The maximum atomic E-state index is 11.8. The predicted molar refractivity (Wildman–Crippen MR) is 84.3 cm³/mol. The van der Waals surface area contributed by atoms with Crippen molar-refractivity contribution in [3.8, 4) is 0 Å².